The summed E-state index contributed by atoms with van der Waals surface area (Å²) in [6.45, 7) is 8.91. The van der Waals surface area contributed by atoms with Crippen LogP contribution in [-0.2, 0) is 24.1 Å². The number of hydrogen-bond acceptors (Lipinski definition) is 3. The summed E-state index contributed by atoms with van der Waals surface area (Å²) in [4.78, 5) is 4.73. The molecular weight excluding hydrogens is 390 g/mol. The van der Waals surface area contributed by atoms with Crippen LogP contribution in [0.2, 0.25) is 0 Å². The number of nitrogens with zero attached hydrogens (tertiary/aromatic N) is 2. The largest absolute Gasteiger partial charge is 0.383 e. The van der Waals surface area contributed by atoms with Crippen molar-refractivity contribution in [2.45, 2.75) is 46.1 Å². The highest BCUT2D eigenvalue weighted by molar-refractivity contribution is 7.80. The molecule has 1 aliphatic rings. The standard InChI is InChI=1S/C25H35N3OS/c1-4-14-27-15-8-10-22-18-20(12-13-24(22)27)19-28(16-17-29-3)25(30)26-23-11-7-6-9-21(23)5-2/h6-7,9,11-13,18H,4-5,8,10,14-17,19H2,1-3H3,(H,26,30). The second kappa shape index (κ2) is 11.3. The van der Waals surface area contributed by atoms with Crippen LogP contribution < -0.4 is 10.2 Å². The fourth-order valence-electron chi connectivity index (χ4n) is 4.15. The molecule has 0 fully saturated rings. The average molecular weight is 426 g/mol. The molecule has 0 unspecified atom stereocenters. The van der Waals surface area contributed by atoms with Crippen molar-refractivity contribution in [1.29, 1.82) is 0 Å². The Morgan fingerprint density at radius 2 is 2.03 bits per heavy atom. The fraction of sp³-hybridized carbons (Fsp3) is 0.480. The van der Waals surface area contributed by atoms with E-state index < -0.39 is 0 Å². The molecule has 162 valence electrons. The highest BCUT2D eigenvalue weighted by Crippen LogP contribution is 2.28. The molecule has 2 aromatic rings. The smallest absolute Gasteiger partial charge is 0.173 e. The molecule has 1 N–H and O–H groups in total. The predicted octanol–water partition coefficient (Wildman–Crippen LogP) is 5.26. The van der Waals surface area contributed by atoms with Crippen LogP contribution in [0.4, 0.5) is 11.4 Å². The van der Waals surface area contributed by atoms with Crippen LogP contribution in [0.15, 0.2) is 42.5 Å². The number of hydrogen-bond donors (Lipinski definition) is 1. The van der Waals surface area contributed by atoms with E-state index in [2.05, 4.69) is 71.4 Å². The quantitative estimate of drug-likeness (QED) is 0.554. The van der Waals surface area contributed by atoms with Gasteiger partial charge in [-0.05, 0) is 66.7 Å². The lowest BCUT2D eigenvalue weighted by molar-refractivity contribution is 0.175. The summed E-state index contributed by atoms with van der Waals surface area (Å²) in [5.41, 5.74) is 6.54. The number of rotatable bonds is 9. The van der Waals surface area contributed by atoms with Crippen molar-refractivity contribution in [2.24, 2.45) is 0 Å². The molecule has 0 aliphatic carbocycles. The van der Waals surface area contributed by atoms with Gasteiger partial charge in [0.1, 0.15) is 0 Å². The van der Waals surface area contributed by atoms with Crippen molar-refractivity contribution in [3.63, 3.8) is 0 Å². The van der Waals surface area contributed by atoms with Gasteiger partial charge in [0.2, 0.25) is 0 Å². The van der Waals surface area contributed by atoms with Gasteiger partial charge in [0.15, 0.2) is 5.11 Å². The van der Waals surface area contributed by atoms with Crippen molar-refractivity contribution in [2.75, 3.05) is 43.6 Å². The number of anilines is 2. The summed E-state index contributed by atoms with van der Waals surface area (Å²) in [5, 5.41) is 4.22. The SMILES string of the molecule is CCCN1CCCc2cc(CN(CCOC)C(=S)Nc3ccccc3CC)ccc21. The van der Waals surface area contributed by atoms with Crippen molar-refractivity contribution in [3.05, 3.63) is 59.2 Å². The zero-order chi connectivity index (χ0) is 21.3. The van der Waals surface area contributed by atoms with Gasteiger partial charge >= 0.3 is 0 Å². The zero-order valence-corrected chi connectivity index (χ0v) is 19.4. The molecule has 0 radical (unpaired) electrons. The number of aryl methyl sites for hydroxylation is 2. The summed E-state index contributed by atoms with van der Waals surface area (Å²) in [5.74, 6) is 0. The topological polar surface area (TPSA) is 27.7 Å². The Morgan fingerprint density at radius 3 is 2.80 bits per heavy atom. The molecule has 5 heteroatoms. The van der Waals surface area contributed by atoms with E-state index >= 15 is 0 Å². The normalized spacial score (nSPS) is 13.1. The van der Waals surface area contributed by atoms with Gasteiger partial charge in [-0.25, -0.2) is 0 Å². The highest BCUT2D eigenvalue weighted by Gasteiger charge is 2.18. The molecule has 0 bridgehead atoms. The second-order valence-corrected chi connectivity index (χ2v) is 8.30. The number of benzene rings is 2. The molecule has 0 atom stereocenters. The lowest BCUT2D eigenvalue weighted by Gasteiger charge is -2.32. The van der Waals surface area contributed by atoms with Crippen molar-refractivity contribution in [1.82, 2.24) is 4.90 Å². The monoisotopic (exact) mass is 425 g/mol. The second-order valence-electron chi connectivity index (χ2n) is 7.91. The lowest BCUT2D eigenvalue weighted by Crippen LogP contribution is -2.37. The molecule has 1 heterocycles. The van der Waals surface area contributed by atoms with E-state index in [1.807, 2.05) is 0 Å². The number of para-hydroxylation sites is 1. The molecule has 3 rings (SSSR count). The molecule has 2 aromatic carbocycles. The van der Waals surface area contributed by atoms with E-state index in [1.54, 1.807) is 7.11 Å². The summed E-state index contributed by atoms with van der Waals surface area (Å²) in [6, 6.07) is 15.3. The Balaban J connectivity index is 1.75. The van der Waals surface area contributed by atoms with Gasteiger partial charge in [0, 0.05) is 44.7 Å². The molecule has 0 aromatic heterocycles. The van der Waals surface area contributed by atoms with Crippen LogP contribution in [0, 0.1) is 0 Å². The van der Waals surface area contributed by atoms with Gasteiger partial charge in [0.25, 0.3) is 0 Å². The zero-order valence-electron chi connectivity index (χ0n) is 18.6. The van der Waals surface area contributed by atoms with Gasteiger partial charge in [-0.1, -0.05) is 44.2 Å². The van der Waals surface area contributed by atoms with Crippen molar-refractivity contribution >= 4 is 28.7 Å². The van der Waals surface area contributed by atoms with E-state index in [9.17, 15) is 0 Å². The summed E-state index contributed by atoms with van der Waals surface area (Å²) in [7, 11) is 1.74. The molecule has 30 heavy (non-hydrogen) atoms. The Bertz CT molecular complexity index is 839. The van der Waals surface area contributed by atoms with Crippen molar-refractivity contribution < 1.29 is 4.74 Å². The predicted molar refractivity (Wildman–Crippen MR) is 132 cm³/mol. The first kappa shape index (κ1) is 22.6. The van der Waals surface area contributed by atoms with Gasteiger partial charge in [0.05, 0.1) is 6.61 Å². The first-order chi connectivity index (χ1) is 14.7. The molecule has 1 aliphatic heterocycles. The Morgan fingerprint density at radius 1 is 1.20 bits per heavy atom. The van der Waals surface area contributed by atoms with E-state index in [0.29, 0.717) is 6.61 Å². The van der Waals surface area contributed by atoms with Gasteiger partial charge in [-0.15, -0.1) is 0 Å². The van der Waals surface area contributed by atoms with E-state index in [0.717, 1.165) is 43.3 Å². The number of thiocarbonyl (C=S) groups is 1. The minimum Gasteiger partial charge on any atom is -0.383 e. The third-order valence-electron chi connectivity index (χ3n) is 5.72. The lowest BCUT2D eigenvalue weighted by atomic mass is 9.99. The van der Waals surface area contributed by atoms with E-state index in [4.69, 9.17) is 17.0 Å². The van der Waals surface area contributed by atoms with Gasteiger partial charge < -0.3 is 19.9 Å². The Hall–Kier alpha value is -2.11. The molecule has 0 saturated heterocycles. The Kier molecular flexibility index (Phi) is 8.52. The third-order valence-corrected chi connectivity index (χ3v) is 6.08. The Labute approximate surface area is 187 Å². The number of nitrogens with one attached hydrogen (secondary N) is 1. The summed E-state index contributed by atoms with van der Waals surface area (Å²) >= 11 is 5.80. The highest BCUT2D eigenvalue weighted by atomic mass is 32.1. The van der Waals surface area contributed by atoms with Gasteiger partial charge in [-0.2, -0.15) is 0 Å². The third kappa shape index (κ3) is 5.73. The number of methoxy groups -OCH3 is 1. The minimum atomic E-state index is 0.645. The van der Waals surface area contributed by atoms with Crippen LogP contribution in [0.3, 0.4) is 0 Å². The number of ether oxygens (including phenoxy) is 1. The molecular formula is C25H35N3OS. The van der Waals surface area contributed by atoms with Crippen LogP contribution in [-0.4, -0.2) is 43.4 Å². The molecule has 0 spiro atoms. The molecule has 0 amide bonds. The molecule has 4 nitrogen and oxygen atoms in total. The average Bonchev–Trinajstić information content (AvgIpc) is 2.77. The fourth-order valence-corrected chi connectivity index (χ4v) is 4.41. The van der Waals surface area contributed by atoms with Crippen LogP contribution in [0.25, 0.3) is 0 Å². The first-order valence-electron chi connectivity index (χ1n) is 11.2. The number of fused-ring (bicyclic) bond motifs is 1. The van der Waals surface area contributed by atoms with Crippen LogP contribution in [0.1, 0.15) is 43.4 Å². The molecule has 0 saturated carbocycles. The summed E-state index contributed by atoms with van der Waals surface area (Å²) in [6.07, 6.45) is 4.56. The minimum absolute atomic E-state index is 0.645. The maximum absolute atomic E-state index is 5.80. The maximum Gasteiger partial charge on any atom is 0.173 e. The van der Waals surface area contributed by atoms with Crippen molar-refractivity contribution in [3.8, 4) is 0 Å². The maximum atomic E-state index is 5.80. The van der Waals surface area contributed by atoms with Gasteiger partial charge in [-0.3, -0.25) is 0 Å². The van der Waals surface area contributed by atoms with Crippen LogP contribution in [0.5, 0.6) is 0 Å². The van der Waals surface area contributed by atoms with E-state index in [1.165, 1.54) is 41.8 Å². The first-order valence-corrected chi connectivity index (χ1v) is 11.6. The summed E-state index contributed by atoms with van der Waals surface area (Å²) < 4.78 is 5.35. The van der Waals surface area contributed by atoms with Crippen LogP contribution >= 0.6 is 12.2 Å². The van der Waals surface area contributed by atoms with E-state index in [-0.39, 0.29) is 0 Å².